The number of hydrogen-bond acceptors (Lipinski definition) is 8. The van der Waals surface area contributed by atoms with Crippen LogP contribution in [0.25, 0.3) is 0 Å². The fraction of sp³-hybridized carbons (Fsp3) is 0.0952. The third-order valence-corrected chi connectivity index (χ3v) is 8.04. The number of carbonyl (C=O) groups excluding carboxylic acids is 2. The summed E-state index contributed by atoms with van der Waals surface area (Å²) in [4.78, 5) is 41.0. The van der Waals surface area contributed by atoms with E-state index in [4.69, 9.17) is 9.47 Å². The van der Waals surface area contributed by atoms with Gasteiger partial charge in [0, 0.05) is 47.0 Å². The minimum atomic E-state index is -0.471. The number of rotatable bonds is 4. The van der Waals surface area contributed by atoms with Gasteiger partial charge in [0.25, 0.3) is 0 Å². The lowest BCUT2D eigenvalue weighted by Gasteiger charge is -2.16. The highest BCUT2D eigenvalue weighted by molar-refractivity contribution is 5.71. The molecule has 0 unspecified atom stereocenters. The van der Waals surface area contributed by atoms with Crippen LogP contribution in [0, 0.1) is 23.7 Å². The maximum Gasteiger partial charge on any atom is 0.408 e. The van der Waals surface area contributed by atoms with Crippen LogP contribution in [0.15, 0.2) is 146 Å². The van der Waals surface area contributed by atoms with Gasteiger partial charge in [0.2, 0.25) is 0 Å². The molecule has 0 aliphatic carbocycles. The summed E-state index contributed by atoms with van der Waals surface area (Å²) in [6, 6.07) is 37.2. The lowest BCUT2D eigenvalue weighted by atomic mass is 10.0. The second-order valence-corrected chi connectivity index (χ2v) is 11.6. The Morgan fingerprint density at radius 3 is 1.33 bits per heavy atom. The summed E-state index contributed by atoms with van der Waals surface area (Å²) >= 11 is 0. The molecule has 0 spiro atoms. The van der Waals surface area contributed by atoms with E-state index in [0.717, 1.165) is 22.3 Å². The largest absolute Gasteiger partial charge is 0.439 e. The number of alkyl carbamates (subject to hydrolysis) is 2. The fourth-order valence-electron chi connectivity index (χ4n) is 5.61. The first-order valence-electron chi connectivity index (χ1n) is 16.4. The van der Waals surface area contributed by atoms with Crippen molar-refractivity contribution in [3.05, 3.63) is 191 Å². The quantitative estimate of drug-likeness (QED) is 0.195. The zero-order valence-electron chi connectivity index (χ0n) is 27.6. The Morgan fingerprint density at radius 1 is 0.481 bits per heavy atom. The van der Waals surface area contributed by atoms with Crippen LogP contribution in [-0.2, 0) is 9.47 Å². The number of hydrogen-bond donors (Lipinski definition) is 2. The first-order chi connectivity index (χ1) is 25.6. The van der Waals surface area contributed by atoms with Crippen LogP contribution in [0.3, 0.4) is 0 Å². The highest BCUT2D eigenvalue weighted by atomic mass is 16.6. The van der Waals surface area contributed by atoms with Gasteiger partial charge in [-0.3, -0.25) is 9.97 Å². The van der Waals surface area contributed by atoms with E-state index >= 15 is 0 Å². The Balaban J connectivity index is 0.000000162. The smallest absolute Gasteiger partial charge is 0.408 e. The summed E-state index contributed by atoms with van der Waals surface area (Å²) in [6.07, 6.45) is 4.87. The molecule has 2 aliphatic heterocycles. The average Bonchev–Trinajstić information content (AvgIpc) is 3.81. The SMILES string of the molecule is O=C1N[C@@H](c2cccc(C#Cc3ccccc3)n2)[C@H](c2cccnc2)O1.O=C1N[C@H](c2cccc(C#Cc3ccccc3)n2)[C@@H](c2cccnc2)O1. The van der Waals surface area contributed by atoms with Gasteiger partial charge in [-0.1, -0.05) is 72.5 Å². The summed E-state index contributed by atoms with van der Waals surface area (Å²) in [6.45, 7) is 0. The van der Waals surface area contributed by atoms with Crippen LogP contribution >= 0.6 is 0 Å². The number of aromatic nitrogens is 4. The number of amides is 2. The van der Waals surface area contributed by atoms with Gasteiger partial charge in [-0.25, -0.2) is 19.6 Å². The molecule has 0 saturated carbocycles. The molecule has 4 aromatic heterocycles. The monoisotopic (exact) mass is 682 g/mol. The van der Waals surface area contributed by atoms with Crippen molar-refractivity contribution in [2.75, 3.05) is 0 Å². The Morgan fingerprint density at radius 2 is 0.923 bits per heavy atom. The molecule has 0 bridgehead atoms. The fourth-order valence-corrected chi connectivity index (χ4v) is 5.61. The van der Waals surface area contributed by atoms with Crippen LogP contribution in [0.4, 0.5) is 9.59 Å². The second-order valence-electron chi connectivity index (χ2n) is 11.6. The van der Waals surface area contributed by atoms with Crippen molar-refractivity contribution in [1.29, 1.82) is 0 Å². The van der Waals surface area contributed by atoms with E-state index in [2.05, 4.69) is 54.3 Å². The molecule has 4 atom stereocenters. The molecule has 2 aromatic carbocycles. The minimum Gasteiger partial charge on any atom is -0.439 e. The molecule has 0 radical (unpaired) electrons. The third kappa shape index (κ3) is 8.28. The molecule has 10 heteroatoms. The summed E-state index contributed by atoms with van der Waals surface area (Å²) in [7, 11) is 0. The van der Waals surface area contributed by atoms with E-state index in [-0.39, 0.29) is 12.1 Å². The maximum absolute atomic E-state index is 11.8. The van der Waals surface area contributed by atoms with E-state index in [0.29, 0.717) is 22.8 Å². The minimum absolute atomic E-state index is 0.384. The van der Waals surface area contributed by atoms with Gasteiger partial charge < -0.3 is 20.1 Å². The molecule has 10 nitrogen and oxygen atoms in total. The van der Waals surface area contributed by atoms with Crippen molar-refractivity contribution < 1.29 is 19.1 Å². The van der Waals surface area contributed by atoms with E-state index in [1.807, 2.05) is 121 Å². The van der Waals surface area contributed by atoms with Gasteiger partial charge in [0.05, 0.1) is 11.4 Å². The first kappa shape index (κ1) is 33.2. The molecule has 2 N–H and O–H groups in total. The summed E-state index contributed by atoms with van der Waals surface area (Å²) in [5, 5.41) is 5.64. The topological polar surface area (TPSA) is 128 Å². The maximum atomic E-state index is 11.8. The standard InChI is InChI=1S/2C21H15N3O2/c2*25-21-24-19(20(26-21)16-8-5-13-22-14-16)18-10-4-9-17(23-18)12-11-15-6-2-1-3-7-15/h2*1-10,13-14,19-20H,(H,24,25)/t2*19-,20-/m10/s1. The highest BCUT2D eigenvalue weighted by Gasteiger charge is 2.38. The van der Waals surface area contributed by atoms with E-state index in [9.17, 15) is 9.59 Å². The molecule has 2 amide bonds. The number of nitrogens with one attached hydrogen (secondary N) is 2. The molecule has 52 heavy (non-hydrogen) atoms. The van der Waals surface area contributed by atoms with Gasteiger partial charge in [0.1, 0.15) is 23.5 Å². The summed E-state index contributed by atoms with van der Waals surface area (Å²) < 4.78 is 10.8. The summed E-state index contributed by atoms with van der Waals surface area (Å²) in [5.41, 5.74) is 6.15. The number of carbonyl (C=O) groups is 2. The van der Waals surface area contributed by atoms with E-state index < -0.39 is 24.4 Å². The van der Waals surface area contributed by atoms with Crippen molar-refractivity contribution >= 4 is 12.2 Å². The van der Waals surface area contributed by atoms with Gasteiger partial charge in [-0.2, -0.15) is 0 Å². The Labute approximate surface area is 300 Å². The van der Waals surface area contributed by atoms with Crippen molar-refractivity contribution in [2.24, 2.45) is 0 Å². The van der Waals surface area contributed by atoms with Gasteiger partial charge in [0.15, 0.2) is 12.2 Å². The normalized spacial score (nSPS) is 18.4. The number of ether oxygens (including phenoxy) is 2. The molecule has 2 fully saturated rings. The Bertz CT molecular complexity index is 2120. The molecule has 8 rings (SSSR count). The highest BCUT2D eigenvalue weighted by Crippen LogP contribution is 2.36. The second kappa shape index (κ2) is 15.9. The molecule has 6 aromatic rings. The van der Waals surface area contributed by atoms with Gasteiger partial charge >= 0.3 is 12.2 Å². The number of benzene rings is 2. The average molecular weight is 683 g/mol. The first-order valence-corrected chi connectivity index (χ1v) is 16.4. The molecular weight excluding hydrogens is 652 g/mol. The van der Waals surface area contributed by atoms with Crippen molar-refractivity contribution in [2.45, 2.75) is 24.3 Å². The zero-order chi connectivity index (χ0) is 35.5. The van der Waals surface area contributed by atoms with Crippen molar-refractivity contribution in [3.8, 4) is 23.7 Å². The Hall–Kier alpha value is -7.30. The van der Waals surface area contributed by atoms with E-state index in [1.54, 1.807) is 24.8 Å². The van der Waals surface area contributed by atoms with Crippen LogP contribution in [-0.4, -0.2) is 32.1 Å². The number of pyridine rings is 4. The van der Waals surface area contributed by atoms with Crippen LogP contribution in [0.5, 0.6) is 0 Å². The molecule has 6 heterocycles. The van der Waals surface area contributed by atoms with Crippen LogP contribution < -0.4 is 10.6 Å². The van der Waals surface area contributed by atoms with Crippen molar-refractivity contribution in [3.63, 3.8) is 0 Å². The summed E-state index contributed by atoms with van der Waals surface area (Å²) in [5.74, 6) is 12.3. The number of nitrogens with zero attached hydrogens (tertiary/aromatic N) is 4. The third-order valence-electron chi connectivity index (χ3n) is 8.04. The lowest BCUT2D eigenvalue weighted by molar-refractivity contribution is 0.131. The van der Waals surface area contributed by atoms with Crippen LogP contribution in [0.1, 0.15) is 69.3 Å². The van der Waals surface area contributed by atoms with Gasteiger partial charge in [-0.15, -0.1) is 0 Å². The predicted molar refractivity (Wildman–Crippen MR) is 192 cm³/mol. The predicted octanol–water partition coefficient (Wildman–Crippen LogP) is 6.80. The van der Waals surface area contributed by atoms with Crippen molar-refractivity contribution in [1.82, 2.24) is 30.6 Å². The molecular formula is C42H30N6O4. The lowest BCUT2D eigenvalue weighted by Crippen LogP contribution is -2.20. The van der Waals surface area contributed by atoms with Gasteiger partial charge in [-0.05, 0) is 72.5 Å². The molecule has 2 aliphatic rings. The number of cyclic esters (lactones) is 2. The zero-order valence-corrected chi connectivity index (χ0v) is 27.6. The van der Waals surface area contributed by atoms with E-state index in [1.165, 1.54) is 0 Å². The molecule has 2 saturated heterocycles. The van der Waals surface area contributed by atoms with Crippen LogP contribution in [0.2, 0.25) is 0 Å². The molecule has 252 valence electrons. The Kier molecular flexibility index (Phi) is 10.2.